The summed E-state index contributed by atoms with van der Waals surface area (Å²) in [5, 5.41) is 9.10. The van der Waals surface area contributed by atoms with Crippen LogP contribution < -0.4 is 16.0 Å². The maximum atomic E-state index is 14.6. The third-order valence-electron chi connectivity index (χ3n) is 10.1. The molecule has 3 aromatic rings. The molecule has 2 fully saturated rings. The molecule has 0 unspecified atom stereocenters. The summed E-state index contributed by atoms with van der Waals surface area (Å²) < 4.78 is 0. The summed E-state index contributed by atoms with van der Waals surface area (Å²) in [5.74, 6) is 0.0391. The molecule has 3 aliphatic heterocycles. The average Bonchev–Trinajstić information content (AvgIpc) is 3.05. The van der Waals surface area contributed by atoms with Crippen LogP contribution in [0.2, 0.25) is 0 Å². The first kappa shape index (κ1) is 33.1. The lowest BCUT2D eigenvalue weighted by atomic mass is 9.74. The molecule has 11 heteroatoms. The number of piperidine rings is 1. The molecular formula is C37H45N7O4. The fourth-order valence-corrected chi connectivity index (χ4v) is 7.03. The topological polar surface area (TPSA) is 127 Å². The van der Waals surface area contributed by atoms with Gasteiger partial charge in [-0.25, -0.2) is 9.78 Å². The van der Waals surface area contributed by atoms with Gasteiger partial charge in [-0.3, -0.25) is 14.4 Å². The normalized spacial score (nSPS) is 16.8. The van der Waals surface area contributed by atoms with Gasteiger partial charge in [-0.05, 0) is 78.7 Å². The number of hydrogen-bond acceptors (Lipinski definition) is 6. The van der Waals surface area contributed by atoms with E-state index in [0.29, 0.717) is 63.4 Å². The molecule has 0 radical (unpaired) electrons. The summed E-state index contributed by atoms with van der Waals surface area (Å²) in [6, 6.07) is 17.5. The number of benzene rings is 2. The van der Waals surface area contributed by atoms with Crippen molar-refractivity contribution in [2.75, 3.05) is 50.4 Å². The number of urea groups is 1. The van der Waals surface area contributed by atoms with Crippen molar-refractivity contribution in [3.8, 4) is 0 Å². The van der Waals surface area contributed by atoms with Crippen LogP contribution in [0.3, 0.4) is 0 Å². The monoisotopic (exact) mass is 651 g/mol. The van der Waals surface area contributed by atoms with Crippen LogP contribution in [0, 0.1) is 5.41 Å². The Bertz CT molecular complexity index is 1680. The molecule has 0 aliphatic carbocycles. The second-order valence-electron chi connectivity index (χ2n) is 13.1. The van der Waals surface area contributed by atoms with Crippen molar-refractivity contribution < 1.29 is 19.2 Å². The molecule has 2 aromatic carbocycles. The number of fused-ring (bicyclic) bond motifs is 2. The van der Waals surface area contributed by atoms with Gasteiger partial charge in [0, 0.05) is 57.6 Å². The van der Waals surface area contributed by atoms with Crippen LogP contribution in [0.25, 0.3) is 0 Å². The zero-order valence-electron chi connectivity index (χ0n) is 27.9. The van der Waals surface area contributed by atoms with E-state index in [1.54, 1.807) is 11.1 Å². The maximum absolute atomic E-state index is 14.6. The van der Waals surface area contributed by atoms with Crippen LogP contribution in [0.4, 0.5) is 16.3 Å². The number of carbonyl (C=O) groups is 4. The first-order chi connectivity index (χ1) is 23.3. The fourth-order valence-electron chi connectivity index (χ4n) is 7.03. The smallest absolute Gasteiger partial charge is 0.320 e. The second kappa shape index (κ2) is 14.6. The highest BCUT2D eigenvalue weighted by Gasteiger charge is 2.44. The molecule has 3 aliphatic rings. The van der Waals surface area contributed by atoms with Crippen molar-refractivity contribution in [1.29, 1.82) is 0 Å². The summed E-state index contributed by atoms with van der Waals surface area (Å²) >= 11 is 0. The van der Waals surface area contributed by atoms with Gasteiger partial charge < -0.3 is 30.7 Å². The first-order valence-electron chi connectivity index (χ1n) is 17.0. The van der Waals surface area contributed by atoms with Crippen LogP contribution in [0.1, 0.15) is 60.4 Å². The number of rotatable bonds is 9. The van der Waals surface area contributed by atoms with Crippen LogP contribution in [-0.2, 0) is 40.3 Å². The van der Waals surface area contributed by atoms with Gasteiger partial charge in [-0.2, -0.15) is 0 Å². The number of nitrogens with zero attached hydrogens (tertiary/aromatic N) is 4. The predicted octanol–water partition coefficient (Wildman–Crippen LogP) is 4.17. The second-order valence-corrected chi connectivity index (χ2v) is 13.1. The molecular weight excluding hydrogens is 606 g/mol. The number of likely N-dealkylation sites (tertiary alicyclic amines) is 2. The van der Waals surface area contributed by atoms with Gasteiger partial charge in [0.25, 0.3) is 0 Å². The molecule has 6 rings (SSSR count). The Hall–Kier alpha value is -4.77. The molecule has 3 N–H and O–H groups in total. The molecule has 0 bridgehead atoms. The Kier molecular flexibility index (Phi) is 10.0. The fraction of sp³-hybridized carbons (Fsp3) is 0.432. The van der Waals surface area contributed by atoms with Gasteiger partial charge in [-0.15, -0.1) is 0 Å². The van der Waals surface area contributed by atoms with E-state index in [0.717, 1.165) is 47.3 Å². The van der Waals surface area contributed by atoms with E-state index < -0.39 is 5.41 Å². The lowest BCUT2D eigenvalue weighted by Gasteiger charge is -2.45. The number of aromatic nitrogens is 1. The quantitative estimate of drug-likeness (QED) is 0.319. The van der Waals surface area contributed by atoms with Gasteiger partial charge in [-0.1, -0.05) is 43.3 Å². The van der Waals surface area contributed by atoms with Crippen molar-refractivity contribution in [3.63, 3.8) is 0 Å². The zero-order chi connectivity index (χ0) is 33.7. The van der Waals surface area contributed by atoms with Crippen molar-refractivity contribution in [1.82, 2.24) is 25.0 Å². The van der Waals surface area contributed by atoms with Crippen molar-refractivity contribution >= 4 is 35.3 Å². The van der Waals surface area contributed by atoms with Crippen molar-refractivity contribution in [2.45, 2.75) is 58.5 Å². The summed E-state index contributed by atoms with van der Waals surface area (Å²) in [5.41, 5.74) is 4.71. The number of pyridine rings is 1. The van der Waals surface area contributed by atoms with Gasteiger partial charge in [0.05, 0.1) is 11.8 Å². The highest BCUT2D eigenvalue weighted by Crippen LogP contribution is 2.38. The average molecular weight is 652 g/mol. The van der Waals surface area contributed by atoms with E-state index in [2.05, 4.69) is 20.9 Å². The van der Waals surface area contributed by atoms with Gasteiger partial charge >= 0.3 is 6.03 Å². The minimum Gasteiger partial charge on any atom is -0.329 e. The van der Waals surface area contributed by atoms with Gasteiger partial charge in [0.15, 0.2) is 0 Å². The van der Waals surface area contributed by atoms with Gasteiger partial charge in [0.1, 0.15) is 12.4 Å². The highest BCUT2D eigenvalue weighted by atomic mass is 16.2. The molecule has 4 heterocycles. The predicted molar refractivity (Wildman–Crippen MR) is 184 cm³/mol. The summed E-state index contributed by atoms with van der Waals surface area (Å²) in [7, 11) is 1.88. The molecule has 5 amide bonds. The highest BCUT2D eigenvalue weighted by molar-refractivity contribution is 5.96. The molecule has 0 saturated carbocycles. The van der Waals surface area contributed by atoms with Crippen LogP contribution in [0.15, 0.2) is 60.8 Å². The Morgan fingerprint density at radius 3 is 2.38 bits per heavy atom. The van der Waals surface area contributed by atoms with Crippen LogP contribution in [0.5, 0.6) is 0 Å². The van der Waals surface area contributed by atoms with E-state index in [4.69, 9.17) is 0 Å². The molecule has 0 atom stereocenters. The number of nitrogens with one attached hydrogen (secondary N) is 3. The molecule has 11 nitrogen and oxygen atoms in total. The Balaban J connectivity index is 1.21. The summed E-state index contributed by atoms with van der Waals surface area (Å²) in [6.45, 7) is 5.47. The van der Waals surface area contributed by atoms with Crippen LogP contribution in [-0.4, -0.2) is 83.2 Å². The van der Waals surface area contributed by atoms with E-state index in [1.807, 2.05) is 78.4 Å². The zero-order valence-corrected chi connectivity index (χ0v) is 27.9. The third kappa shape index (κ3) is 7.21. The Labute approximate surface area is 282 Å². The maximum Gasteiger partial charge on any atom is 0.320 e. The standard InChI is InChI=1S/C37H45N7O4/c1-3-37(13-18-43(19-14-37)36(48)42-16-7-17-42)35(47)44(24-29-9-5-4-8-28(29)23-38-2)25-33(46)40-31-12-11-26-20-27-10-6-15-39-34(27)41-32(45)22-30(26)21-31/h4-6,8-12,15,21,38H,3,7,13-14,16-20,22-25H2,1-2H3,(H,40,46)(H,39,41,45). The van der Waals surface area contributed by atoms with E-state index in [9.17, 15) is 19.2 Å². The largest absolute Gasteiger partial charge is 0.329 e. The molecule has 2 saturated heterocycles. The molecule has 252 valence electrons. The number of anilines is 2. The van der Waals surface area contributed by atoms with E-state index in [-0.39, 0.29) is 36.7 Å². The summed E-state index contributed by atoms with van der Waals surface area (Å²) in [4.78, 5) is 63.7. The lowest BCUT2D eigenvalue weighted by Crippen LogP contribution is -2.56. The van der Waals surface area contributed by atoms with Crippen molar-refractivity contribution in [2.24, 2.45) is 5.41 Å². The van der Waals surface area contributed by atoms with Crippen LogP contribution >= 0.6 is 0 Å². The third-order valence-corrected chi connectivity index (χ3v) is 10.1. The minimum absolute atomic E-state index is 0.0578. The molecule has 0 spiro atoms. The van der Waals surface area contributed by atoms with Crippen molar-refractivity contribution in [3.05, 3.63) is 88.6 Å². The lowest BCUT2D eigenvalue weighted by molar-refractivity contribution is -0.147. The SMILES string of the molecule is CCC1(C(=O)N(CC(=O)Nc2ccc3c(c2)CC(=O)Nc2ncccc2C3)Cc2ccccc2CNC)CCN(C(=O)N2CCC2)CC1. The Morgan fingerprint density at radius 1 is 0.917 bits per heavy atom. The summed E-state index contributed by atoms with van der Waals surface area (Å²) in [6.07, 6.45) is 5.22. The molecule has 1 aromatic heterocycles. The minimum atomic E-state index is -0.662. The first-order valence-corrected chi connectivity index (χ1v) is 17.0. The Morgan fingerprint density at radius 2 is 1.67 bits per heavy atom. The number of carbonyl (C=O) groups excluding carboxylic acids is 4. The van der Waals surface area contributed by atoms with E-state index >= 15 is 0 Å². The molecule has 48 heavy (non-hydrogen) atoms. The number of hydrogen-bond donors (Lipinski definition) is 3. The van der Waals surface area contributed by atoms with E-state index in [1.165, 1.54) is 0 Å². The van der Waals surface area contributed by atoms with Gasteiger partial charge in [0.2, 0.25) is 17.7 Å². The number of amides is 5.